The molecule has 1 aromatic rings. The van der Waals surface area contributed by atoms with Gasteiger partial charge in [0.2, 0.25) is 0 Å². The first-order chi connectivity index (χ1) is 5.61. The van der Waals surface area contributed by atoms with Crippen molar-refractivity contribution < 1.29 is 8.78 Å². The van der Waals surface area contributed by atoms with Gasteiger partial charge in [0.1, 0.15) is 0 Å². The number of halogens is 3. The first kappa shape index (κ1) is 8.22. The third-order valence-electron chi connectivity index (χ3n) is 1.88. The molecule has 0 aliphatic carbocycles. The first-order valence-electron chi connectivity index (χ1n) is 3.52. The van der Waals surface area contributed by atoms with Crippen LogP contribution in [-0.2, 0) is 5.92 Å². The molecule has 1 nitrogen and oxygen atoms in total. The van der Waals surface area contributed by atoms with E-state index >= 15 is 0 Å². The van der Waals surface area contributed by atoms with Crippen molar-refractivity contribution in [1.29, 1.82) is 0 Å². The summed E-state index contributed by atoms with van der Waals surface area (Å²) < 4.78 is 26.9. The Morgan fingerprint density at radius 2 is 2.17 bits per heavy atom. The van der Waals surface area contributed by atoms with Crippen molar-refractivity contribution in [2.45, 2.75) is 5.92 Å². The van der Waals surface area contributed by atoms with Gasteiger partial charge in [-0.05, 0) is 34.7 Å². The molecule has 1 aromatic carbocycles. The Kier molecular flexibility index (Phi) is 1.75. The molecule has 4 heteroatoms. The highest BCUT2D eigenvalue weighted by Gasteiger charge is 2.40. The van der Waals surface area contributed by atoms with Gasteiger partial charge in [0.25, 0.3) is 5.92 Å². The van der Waals surface area contributed by atoms with Crippen LogP contribution >= 0.6 is 22.6 Å². The zero-order chi connectivity index (χ0) is 8.77. The molecule has 0 amide bonds. The summed E-state index contributed by atoms with van der Waals surface area (Å²) in [6.07, 6.45) is 0. The lowest BCUT2D eigenvalue weighted by Gasteiger charge is -2.09. The van der Waals surface area contributed by atoms with Crippen LogP contribution < -0.4 is 5.32 Å². The molecule has 0 spiro atoms. The van der Waals surface area contributed by atoms with E-state index in [0.29, 0.717) is 9.26 Å². The Hall–Kier alpha value is -0.390. The summed E-state index contributed by atoms with van der Waals surface area (Å²) in [6.45, 7) is -0.275. The van der Waals surface area contributed by atoms with Crippen molar-refractivity contribution in [2.75, 3.05) is 11.9 Å². The summed E-state index contributed by atoms with van der Waals surface area (Å²) in [6, 6.07) is 5.15. The van der Waals surface area contributed by atoms with Gasteiger partial charge < -0.3 is 5.32 Å². The molecule has 0 fully saturated rings. The third-order valence-corrected chi connectivity index (χ3v) is 2.78. The molecule has 0 radical (unpaired) electrons. The van der Waals surface area contributed by atoms with Crippen LogP contribution in [0.5, 0.6) is 0 Å². The van der Waals surface area contributed by atoms with Gasteiger partial charge in [-0.3, -0.25) is 0 Å². The quantitative estimate of drug-likeness (QED) is 0.721. The number of hydrogen-bond donors (Lipinski definition) is 1. The molecule has 0 atom stereocenters. The van der Waals surface area contributed by atoms with Gasteiger partial charge >= 0.3 is 0 Å². The topological polar surface area (TPSA) is 12.0 Å². The number of fused-ring (bicyclic) bond motifs is 1. The molecular weight excluding hydrogens is 275 g/mol. The third kappa shape index (κ3) is 1.09. The molecule has 1 heterocycles. The van der Waals surface area contributed by atoms with E-state index in [1.807, 2.05) is 22.6 Å². The van der Waals surface area contributed by atoms with Gasteiger partial charge in [-0.25, -0.2) is 0 Å². The highest BCUT2D eigenvalue weighted by Crippen LogP contribution is 2.41. The summed E-state index contributed by atoms with van der Waals surface area (Å²) in [5.74, 6) is -2.70. The van der Waals surface area contributed by atoms with Crippen LogP contribution in [0.4, 0.5) is 14.5 Å². The van der Waals surface area contributed by atoms with Gasteiger partial charge in [-0.1, -0.05) is 6.07 Å². The largest absolute Gasteiger partial charge is 0.378 e. The first-order valence-corrected chi connectivity index (χ1v) is 4.60. The summed E-state index contributed by atoms with van der Waals surface area (Å²) in [5.41, 5.74) is 0.706. The van der Waals surface area contributed by atoms with Crippen molar-refractivity contribution in [3.63, 3.8) is 0 Å². The number of nitrogens with one attached hydrogen (secondary N) is 1. The van der Waals surface area contributed by atoms with Crippen molar-refractivity contribution in [2.24, 2.45) is 0 Å². The number of hydrogen-bond acceptors (Lipinski definition) is 1. The predicted octanol–water partition coefficient (Wildman–Crippen LogP) is 2.81. The molecule has 0 saturated heterocycles. The Bertz CT molecular complexity index is 325. The van der Waals surface area contributed by atoms with E-state index in [2.05, 4.69) is 5.32 Å². The van der Waals surface area contributed by atoms with E-state index in [9.17, 15) is 8.78 Å². The number of benzene rings is 1. The molecule has 1 aliphatic heterocycles. The van der Waals surface area contributed by atoms with Gasteiger partial charge in [-0.2, -0.15) is 8.78 Å². The van der Waals surface area contributed by atoms with E-state index < -0.39 is 5.92 Å². The maximum absolute atomic E-state index is 13.1. The fourth-order valence-electron chi connectivity index (χ4n) is 1.34. The second-order valence-electron chi connectivity index (χ2n) is 2.72. The van der Waals surface area contributed by atoms with Gasteiger partial charge in [-0.15, -0.1) is 0 Å². The zero-order valence-corrected chi connectivity index (χ0v) is 8.23. The molecule has 0 unspecified atom stereocenters. The summed E-state index contributed by atoms with van der Waals surface area (Å²) >= 11 is 1.93. The van der Waals surface area contributed by atoms with E-state index in [4.69, 9.17) is 0 Å². The minimum atomic E-state index is -2.70. The Morgan fingerprint density at radius 3 is 2.83 bits per heavy atom. The van der Waals surface area contributed by atoms with Crippen LogP contribution in [-0.4, -0.2) is 6.54 Å². The van der Waals surface area contributed by atoms with Gasteiger partial charge in [0, 0.05) is 9.26 Å². The summed E-state index contributed by atoms with van der Waals surface area (Å²) in [5, 5.41) is 2.68. The van der Waals surface area contributed by atoms with Crippen LogP contribution in [0.2, 0.25) is 0 Å². The highest BCUT2D eigenvalue weighted by atomic mass is 127. The number of anilines is 1. The number of alkyl halides is 2. The lowest BCUT2D eigenvalue weighted by atomic mass is 10.1. The average molecular weight is 281 g/mol. The summed E-state index contributed by atoms with van der Waals surface area (Å²) in [7, 11) is 0. The van der Waals surface area contributed by atoms with Crippen LogP contribution in [0.25, 0.3) is 0 Å². The maximum Gasteiger partial charge on any atom is 0.293 e. The molecule has 0 bridgehead atoms. The van der Waals surface area contributed by atoms with Crippen LogP contribution in [0.15, 0.2) is 18.2 Å². The van der Waals surface area contributed by atoms with Crippen molar-refractivity contribution >= 4 is 28.3 Å². The van der Waals surface area contributed by atoms with Crippen LogP contribution in [0.3, 0.4) is 0 Å². The molecule has 12 heavy (non-hydrogen) atoms. The predicted molar refractivity (Wildman–Crippen MR) is 51.5 cm³/mol. The molecule has 0 aromatic heterocycles. The molecule has 2 rings (SSSR count). The summed E-state index contributed by atoms with van der Waals surface area (Å²) in [4.78, 5) is 0. The molecule has 0 saturated carbocycles. The van der Waals surface area contributed by atoms with E-state index in [1.54, 1.807) is 18.2 Å². The van der Waals surface area contributed by atoms with E-state index in [1.165, 1.54) is 0 Å². The van der Waals surface area contributed by atoms with Crippen LogP contribution in [0.1, 0.15) is 5.56 Å². The SMILES string of the molecule is FC1(F)CNc2cccc(I)c21. The second kappa shape index (κ2) is 2.55. The van der Waals surface area contributed by atoms with Gasteiger partial charge in [0.15, 0.2) is 0 Å². The fourth-order valence-corrected chi connectivity index (χ4v) is 2.23. The van der Waals surface area contributed by atoms with Gasteiger partial charge in [0.05, 0.1) is 12.1 Å². The molecule has 64 valence electrons. The van der Waals surface area contributed by atoms with E-state index in [0.717, 1.165) is 0 Å². The molecule has 1 aliphatic rings. The van der Waals surface area contributed by atoms with Crippen molar-refractivity contribution in [3.05, 3.63) is 27.3 Å². The average Bonchev–Trinajstić information content (AvgIpc) is 2.29. The highest BCUT2D eigenvalue weighted by molar-refractivity contribution is 14.1. The number of rotatable bonds is 0. The normalized spacial score (nSPS) is 18.6. The van der Waals surface area contributed by atoms with Crippen molar-refractivity contribution in [3.8, 4) is 0 Å². The Balaban J connectivity index is 2.64. The fraction of sp³-hybridized carbons (Fsp3) is 0.250. The lowest BCUT2D eigenvalue weighted by Crippen LogP contribution is -2.16. The monoisotopic (exact) mass is 281 g/mol. The maximum atomic E-state index is 13.1. The van der Waals surface area contributed by atoms with Crippen molar-refractivity contribution in [1.82, 2.24) is 0 Å². The zero-order valence-electron chi connectivity index (χ0n) is 6.07. The Labute approximate surface area is 82.3 Å². The smallest absolute Gasteiger partial charge is 0.293 e. The molecule has 1 N–H and O–H groups in total. The minimum Gasteiger partial charge on any atom is -0.378 e. The van der Waals surface area contributed by atoms with Crippen LogP contribution in [0, 0.1) is 3.57 Å². The molecular formula is C8H6F2IN. The van der Waals surface area contributed by atoms with E-state index in [-0.39, 0.29) is 12.1 Å². The Morgan fingerprint density at radius 1 is 1.42 bits per heavy atom. The minimum absolute atomic E-state index is 0.144. The lowest BCUT2D eigenvalue weighted by molar-refractivity contribution is 0.0177. The second-order valence-corrected chi connectivity index (χ2v) is 3.88. The standard InChI is InChI=1S/C8H6F2IN/c9-8(10)4-12-6-3-1-2-5(11)7(6)8/h1-3,12H,4H2.